The molecule has 3 aromatic rings. The van der Waals surface area contributed by atoms with Gasteiger partial charge in [0.25, 0.3) is 11.8 Å². The maximum atomic E-state index is 12.3. The predicted molar refractivity (Wildman–Crippen MR) is 105 cm³/mol. The van der Waals surface area contributed by atoms with E-state index >= 15 is 0 Å². The Morgan fingerprint density at radius 3 is 2.59 bits per heavy atom. The molecule has 2 amide bonds. The molecule has 0 atom stereocenters. The fraction of sp³-hybridized carbons (Fsp3) is 0.150. The predicted octanol–water partition coefficient (Wildman–Crippen LogP) is 3.64. The average Bonchev–Trinajstić information content (AvgIpc) is 3.15. The largest absolute Gasteiger partial charge is 0.496 e. The van der Waals surface area contributed by atoms with Crippen LogP contribution in [0.1, 0.15) is 32.0 Å². The summed E-state index contributed by atoms with van der Waals surface area (Å²) in [6.07, 6.45) is 0. The summed E-state index contributed by atoms with van der Waals surface area (Å²) in [5, 5.41) is 7.54. The molecule has 0 aliphatic heterocycles. The van der Waals surface area contributed by atoms with Crippen LogP contribution in [0.2, 0.25) is 0 Å². The number of aryl methyl sites for hydroxylation is 1. The van der Waals surface area contributed by atoms with Gasteiger partial charge in [-0.15, -0.1) is 11.3 Å². The number of hydrogen-bond acceptors (Lipinski definition) is 5. The Hall–Kier alpha value is -3.19. The van der Waals surface area contributed by atoms with Crippen molar-refractivity contribution >= 4 is 28.3 Å². The van der Waals surface area contributed by atoms with Gasteiger partial charge in [-0.05, 0) is 24.6 Å². The second-order valence-electron chi connectivity index (χ2n) is 5.80. The van der Waals surface area contributed by atoms with Crippen LogP contribution in [0.25, 0.3) is 0 Å². The number of rotatable bonds is 6. The summed E-state index contributed by atoms with van der Waals surface area (Å²) < 4.78 is 5.27. The van der Waals surface area contributed by atoms with Gasteiger partial charge in [-0.2, -0.15) is 0 Å². The van der Waals surface area contributed by atoms with Crippen LogP contribution < -0.4 is 15.4 Å². The second-order valence-corrected chi connectivity index (χ2v) is 6.66. The van der Waals surface area contributed by atoms with Gasteiger partial charge in [0.05, 0.1) is 7.11 Å². The Kier molecular flexibility index (Phi) is 5.83. The Labute approximate surface area is 161 Å². The van der Waals surface area contributed by atoms with Gasteiger partial charge >= 0.3 is 0 Å². The molecule has 0 spiro atoms. The van der Waals surface area contributed by atoms with Crippen LogP contribution in [0.5, 0.6) is 5.75 Å². The van der Waals surface area contributed by atoms with Crippen molar-refractivity contribution in [1.29, 1.82) is 0 Å². The SMILES string of the molecule is COc1ccccc1CNC(=O)c1csc(NC(=O)c2ccccc2C)n1. The molecule has 1 heterocycles. The van der Waals surface area contributed by atoms with E-state index in [1.54, 1.807) is 24.6 Å². The number of methoxy groups -OCH3 is 1. The zero-order valence-electron chi connectivity index (χ0n) is 15.0. The summed E-state index contributed by atoms with van der Waals surface area (Å²) >= 11 is 1.21. The fourth-order valence-electron chi connectivity index (χ4n) is 2.54. The number of benzene rings is 2. The number of amides is 2. The Morgan fingerprint density at radius 1 is 1.07 bits per heavy atom. The number of carbonyl (C=O) groups excluding carboxylic acids is 2. The van der Waals surface area contributed by atoms with Crippen molar-refractivity contribution in [2.45, 2.75) is 13.5 Å². The van der Waals surface area contributed by atoms with E-state index in [0.29, 0.717) is 23.0 Å². The van der Waals surface area contributed by atoms with E-state index in [2.05, 4.69) is 15.6 Å². The summed E-state index contributed by atoms with van der Waals surface area (Å²) in [5.41, 5.74) is 2.59. The molecule has 0 aliphatic rings. The van der Waals surface area contributed by atoms with Gasteiger partial charge in [-0.1, -0.05) is 36.4 Å². The van der Waals surface area contributed by atoms with Gasteiger partial charge in [0, 0.05) is 23.1 Å². The maximum Gasteiger partial charge on any atom is 0.271 e. The Bertz CT molecular complexity index is 968. The van der Waals surface area contributed by atoms with Gasteiger partial charge < -0.3 is 10.1 Å². The van der Waals surface area contributed by atoms with Crippen LogP contribution in [-0.4, -0.2) is 23.9 Å². The molecule has 0 fully saturated rings. The molecule has 27 heavy (non-hydrogen) atoms. The third kappa shape index (κ3) is 4.51. The van der Waals surface area contributed by atoms with E-state index in [1.165, 1.54) is 11.3 Å². The second kappa shape index (κ2) is 8.46. The zero-order chi connectivity index (χ0) is 19.2. The number of aromatic nitrogens is 1. The molecule has 0 aliphatic carbocycles. The van der Waals surface area contributed by atoms with Gasteiger partial charge in [-0.3, -0.25) is 14.9 Å². The van der Waals surface area contributed by atoms with Gasteiger partial charge in [0.1, 0.15) is 11.4 Å². The number of anilines is 1. The molecule has 3 rings (SSSR count). The van der Waals surface area contributed by atoms with E-state index < -0.39 is 0 Å². The van der Waals surface area contributed by atoms with Crippen molar-refractivity contribution < 1.29 is 14.3 Å². The fourth-order valence-corrected chi connectivity index (χ4v) is 3.23. The third-order valence-corrected chi connectivity index (χ3v) is 4.74. The van der Waals surface area contributed by atoms with E-state index in [1.807, 2.05) is 43.3 Å². The van der Waals surface area contributed by atoms with Gasteiger partial charge in [-0.25, -0.2) is 4.98 Å². The molecule has 0 saturated heterocycles. The van der Waals surface area contributed by atoms with Crippen molar-refractivity contribution in [2.75, 3.05) is 12.4 Å². The monoisotopic (exact) mass is 381 g/mol. The van der Waals surface area contributed by atoms with Crippen molar-refractivity contribution in [2.24, 2.45) is 0 Å². The van der Waals surface area contributed by atoms with E-state index in [-0.39, 0.29) is 17.5 Å². The normalized spacial score (nSPS) is 10.3. The summed E-state index contributed by atoms with van der Waals surface area (Å²) in [6.45, 7) is 2.19. The molecule has 138 valence electrons. The first-order valence-corrected chi connectivity index (χ1v) is 9.19. The van der Waals surface area contributed by atoms with Crippen LogP contribution in [0, 0.1) is 6.92 Å². The first-order chi connectivity index (χ1) is 13.1. The molecular formula is C20H19N3O3S. The van der Waals surface area contributed by atoms with Crippen LogP contribution in [0.4, 0.5) is 5.13 Å². The lowest BCUT2D eigenvalue weighted by Crippen LogP contribution is -2.23. The standard InChI is InChI=1S/C20H19N3O3S/c1-13-7-3-5-9-15(13)18(24)23-20-22-16(12-27-20)19(25)21-11-14-8-4-6-10-17(14)26-2/h3-10,12H,11H2,1-2H3,(H,21,25)(H,22,23,24). The molecular weight excluding hydrogens is 362 g/mol. The average molecular weight is 381 g/mol. The third-order valence-electron chi connectivity index (χ3n) is 3.98. The van der Waals surface area contributed by atoms with Gasteiger partial charge in [0.15, 0.2) is 5.13 Å². The summed E-state index contributed by atoms with van der Waals surface area (Å²) in [7, 11) is 1.59. The first kappa shape index (κ1) is 18.6. The molecule has 6 nitrogen and oxygen atoms in total. The molecule has 7 heteroatoms. The molecule has 1 aromatic heterocycles. The van der Waals surface area contributed by atoms with E-state index in [0.717, 1.165) is 11.1 Å². The van der Waals surface area contributed by atoms with E-state index in [9.17, 15) is 9.59 Å². The molecule has 0 saturated carbocycles. The highest BCUT2D eigenvalue weighted by Gasteiger charge is 2.14. The highest BCUT2D eigenvalue weighted by Crippen LogP contribution is 2.19. The minimum absolute atomic E-state index is 0.247. The maximum absolute atomic E-state index is 12.3. The molecule has 0 bridgehead atoms. The molecule has 0 radical (unpaired) electrons. The lowest BCUT2D eigenvalue weighted by atomic mass is 10.1. The molecule has 2 aromatic carbocycles. The van der Waals surface area contributed by atoms with Crippen molar-refractivity contribution in [3.8, 4) is 5.75 Å². The summed E-state index contributed by atoms with van der Waals surface area (Å²) in [5.74, 6) is 0.152. The number of hydrogen-bond donors (Lipinski definition) is 2. The number of para-hydroxylation sites is 1. The van der Waals surface area contributed by atoms with Crippen LogP contribution >= 0.6 is 11.3 Å². The van der Waals surface area contributed by atoms with Crippen molar-refractivity contribution in [3.63, 3.8) is 0 Å². The zero-order valence-corrected chi connectivity index (χ0v) is 15.8. The summed E-state index contributed by atoms with van der Waals surface area (Å²) in [6, 6.07) is 14.8. The number of nitrogens with zero attached hydrogens (tertiary/aromatic N) is 1. The van der Waals surface area contributed by atoms with Crippen LogP contribution in [-0.2, 0) is 6.54 Å². The minimum Gasteiger partial charge on any atom is -0.496 e. The Balaban J connectivity index is 1.62. The topological polar surface area (TPSA) is 80.3 Å². The quantitative estimate of drug-likeness (QED) is 0.683. The molecule has 2 N–H and O–H groups in total. The van der Waals surface area contributed by atoms with Crippen LogP contribution in [0.15, 0.2) is 53.9 Å². The molecule has 0 unspecified atom stereocenters. The number of thiazole rings is 1. The highest BCUT2D eigenvalue weighted by molar-refractivity contribution is 7.14. The lowest BCUT2D eigenvalue weighted by molar-refractivity contribution is 0.0945. The van der Waals surface area contributed by atoms with Crippen molar-refractivity contribution in [3.05, 3.63) is 76.3 Å². The lowest BCUT2D eigenvalue weighted by Gasteiger charge is -2.08. The van der Waals surface area contributed by atoms with Gasteiger partial charge in [0.2, 0.25) is 0 Å². The Morgan fingerprint density at radius 2 is 1.81 bits per heavy atom. The summed E-state index contributed by atoms with van der Waals surface area (Å²) in [4.78, 5) is 28.9. The smallest absolute Gasteiger partial charge is 0.271 e. The highest BCUT2D eigenvalue weighted by atomic mass is 32.1. The van der Waals surface area contributed by atoms with Crippen LogP contribution in [0.3, 0.4) is 0 Å². The number of carbonyl (C=O) groups is 2. The van der Waals surface area contributed by atoms with E-state index in [4.69, 9.17) is 4.74 Å². The first-order valence-electron chi connectivity index (χ1n) is 8.31. The minimum atomic E-state index is -0.312. The number of ether oxygens (including phenoxy) is 1. The van der Waals surface area contributed by atoms with Crippen molar-refractivity contribution in [1.82, 2.24) is 10.3 Å². The number of nitrogens with one attached hydrogen (secondary N) is 2.